The highest BCUT2D eigenvalue weighted by molar-refractivity contribution is 5.31. The Morgan fingerprint density at radius 1 is 1.35 bits per heavy atom. The molecule has 0 spiro atoms. The molecule has 1 aliphatic heterocycles. The number of aromatic amines is 1. The Labute approximate surface area is 102 Å². The van der Waals surface area contributed by atoms with Crippen LogP contribution in [0.1, 0.15) is 38.4 Å². The van der Waals surface area contributed by atoms with Crippen molar-refractivity contribution < 1.29 is 0 Å². The molecular weight excluding hydrogens is 214 g/mol. The van der Waals surface area contributed by atoms with Crippen molar-refractivity contribution in [3.8, 4) is 0 Å². The third kappa shape index (κ3) is 2.04. The van der Waals surface area contributed by atoms with Crippen molar-refractivity contribution in [2.24, 2.45) is 17.6 Å². The Hall–Kier alpha value is -1.10. The van der Waals surface area contributed by atoms with Crippen LogP contribution in [0.3, 0.4) is 0 Å². The van der Waals surface area contributed by atoms with Gasteiger partial charge in [-0.2, -0.15) is 4.98 Å². The van der Waals surface area contributed by atoms with Crippen LogP contribution < -0.4 is 10.6 Å². The molecule has 1 aliphatic carbocycles. The topological polar surface area (TPSA) is 70.8 Å². The Kier molecular flexibility index (Phi) is 2.58. The zero-order valence-corrected chi connectivity index (χ0v) is 10.6. The normalized spacial score (nSPS) is 37.2. The standard InChI is InChI=1S/C12H21N5/c1-7-3-4-17(6-10(7)13)12-14-11(15-16-12)9-5-8(9)2/h7-10H,3-6,13H2,1-2H3,(H,14,15,16). The van der Waals surface area contributed by atoms with E-state index in [0.717, 1.165) is 37.2 Å². The Bertz CT molecular complexity index is 401. The largest absolute Gasteiger partial charge is 0.338 e. The molecule has 1 saturated carbocycles. The minimum Gasteiger partial charge on any atom is -0.338 e. The average Bonchev–Trinajstić information content (AvgIpc) is 2.86. The first-order valence-electron chi connectivity index (χ1n) is 6.58. The minimum absolute atomic E-state index is 0.241. The number of hydrogen-bond donors (Lipinski definition) is 2. The van der Waals surface area contributed by atoms with E-state index in [0.29, 0.717) is 11.8 Å². The summed E-state index contributed by atoms with van der Waals surface area (Å²) >= 11 is 0. The summed E-state index contributed by atoms with van der Waals surface area (Å²) in [7, 11) is 0. The Morgan fingerprint density at radius 3 is 2.76 bits per heavy atom. The molecule has 5 nitrogen and oxygen atoms in total. The molecule has 1 saturated heterocycles. The zero-order valence-electron chi connectivity index (χ0n) is 10.6. The van der Waals surface area contributed by atoms with E-state index in [-0.39, 0.29) is 6.04 Å². The smallest absolute Gasteiger partial charge is 0.244 e. The maximum atomic E-state index is 6.10. The monoisotopic (exact) mass is 235 g/mol. The molecule has 2 fully saturated rings. The fourth-order valence-electron chi connectivity index (χ4n) is 2.56. The molecule has 4 unspecified atom stereocenters. The number of hydrogen-bond acceptors (Lipinski definition) is 4. The second-order valence-corrected chi connectivity index (χ2v) is 5.72. The molecule has 0 radical (unpaired) electrons. The van der Waals surface area contributed by atoms with Crippen LogP contribution in [0.25, 0.3) is 0 Å². The first kappa shape index (κ1) is 11.0. The van der Waals surface area contributed by atoms with E-state index < -0.39 is 0 Å². The van der Waals surface area contributed by atoms with Gasteiger partial charge in [-0.1, -0.05) is 13.8 Å². The molecule has 2 heterocycles. The zero-order chi connectivity index (χ0) is 12.0. The summed E-state index contributed by atoms with van der Waals surface area (Å²) in [6.07, 6.45) is 2.37. The molecule has 2 aliphatic rings. The molecule has 1 aromatic heterocycles. The molecule has 94 valence electrons. The van der Waals surface area contributed by atoms with Gasteiger partial charge in [-0.15, -0.1) is 5.10 Å². The van der Waals surface area contributed by atoms with Crippen molar-refractivity contribution in [3.63, 3.8) is 0 Å². The van der Waals surface area contributed by atoms with Gasteiger partial charge in [0, 0.05) is 25.0 Å². The van der Waals surface area contributed by atoms with Crippen LogP contribution in [0.5, 0.6) is 0 Å². The lowest BCUT2D eigenvalue weighted by molar-refractivity contribution is 0.376. The Morgan fingerprint density at radius 2 is 2.12 bits per heavy atom. The van der Waals surface area contributed by atoms with Crippen LogP contribution in [-0.2, 0) is 0 Å². The number of rotatable bonds is 2. The highest BCUT2D eigenvalue weighted by Crippen LogP contribution is 2.45. The number of nitrogens with one attached hydrogen (secondary N) is 1. The molecule has 0 bridgehead atoms. The molecule has 3 N–H and O–H groups in total. The molecule has 0 amide bonds. The minimum atomic E-state index is 0.241. The van der Waals surface area contributed by atoms with Crippen LogP contribution in [-0.4, -0.2) is 34.3 Å². The van der Waals surface area contributed by atoms with E-state index in [9.17, 15) is 0 Å². The fraction of sp³-hybridized carbons (Fsp3) is 0.833. The van der Waals surface area contributed by atoms with Crippen molar-refractivity contribution >= 4 is 5.95 Å². The van der Waals surface area contributed by atoms with Crippen LogP contribution in [0.4, 0.5) is 5.95 Å². The van der Waals surface area contributed by atoms with Crippen LogP contribution >= 0.6 is 0 Å². The number of H-pyrrole nitrogens is 1. The predicted octanol–water partition coefficient (Wildman–Crippen LogP) is 1.10. The van der Waals surface area contributed by atoms with Gasteiger partial charge in [0.25, 0.3) is 0 Å². The van der Waals surface area contributed by atoms with Crippen molar-refractivity contribution in [2.75, 3.05) is 18.0 Å². The van der Waals surface area contributed by atoms with Gasteiger partial charge < -0.3 is 10.6 Å². The molecule has 17 heavy (non-hydrogen) atoms. The van der Waals surface area contributed by atoms with Crippen molar-refractivity contribution in [1.82, 2.24) is 15.2 Å². The lowest BCUT2D eigenvalue weighted by atomic mass is 9.95. The molecule has 0 aromatic carbocycles. The van der Waals surface area contributed by atoms with E-state index in [1.807, 2.05) is 0 Å². The predicted molar refractivity (Wildman–Crippen MR) is 66.9 cm³/mol. The van der Waals surface area contributed by atoms with E-state index in [2.05, 4.69) is 33.9 Å². The quantitative estimate of drug-likeness (QED) is 0.805. The summed E-state index contributed by atoms with van der Waals surface area (Å²) in [5.41, 5.74) is 6.10. The third-order valence-corrected chi connectivity index (χ3v) is 4.25. The first-order chi connectivity index (χ1) is 8.15. The second kappa shape index (κ2) is 3.98. The van der Waals surface area contributed by atoms with Gasteiger partial charge in [-0.05, 0) is 24.7 Å². The van der Waals surface area contributed by atoms with Gasteiger partial charge >= 0.3 is 0 Å². The molecule has 1 aromatic rings. The van der Waals surface area contributed by atoms with Crippen LogP contribution in [0, 0.1) is 11.8 Å². The Balaban J connectivity index is 1.69. The number of nitrogens with two attached hydrogens (primary N) is 1. The number of nitrogens with zero attached hydrogens (tertiary/aromatic N) is 3. The summed E-state index contributed by atoms with van der Waals surface area (Å²) < 4.78 is 0. The summed E-state index contributed by atoms with van der Waals surface area (Å²) in [6, 6.07) is 0.241. The number of aromatic nitrogens is 3. The van der Waals surface area contributed by atoms with Crippen molar-refractivity contribution in [2.45, 2.75) is 38.6 Å². The van der Waals surface area contributed by atoms with Gasteiger partial charge in [0.05, 0.1) is 0 Å². The third-order valence-electron chi connectivity index (χ3n) is 4.25. The second-order valence-electron chi connectivity index (χ2n) is 5.72. The van der Waals surface area contributed by atoms with Gasteiger partial charge in [0.1, 0.15) is 5.82 Å². The summed E-state index contributed by atoms with van der Waals surface area (Å²) in [6.45, 7) is 6.37. The van der Waals surface area contributed by atoms with E-state index >= 15 is 0 Å². The van der Waals surface area contributed by atoms with E-state index in [4.69, 9.17) is 5.73 Å². The molecule has 4 atom stereocenters. The highest BCUT2D eigenvalue weighted by atomic mass is 15.4. The summed E-state index contributed by atoms with van der Waals surface area (Å²) in [5.74, 6) is 3.86. The fourth-order valence-corrected chi connectivity index (χ4v) is 2.56. The maximum absolute atomic E-state index is 6.10. The van der Waals surface area contributed by atoms with Crippen molar-refractivity contribution in [3.05, 3.63) is 5.82 Å². The number of piperidine rings is 1. The SMILES string of the molecule is CC1CCN(c2n[nH]c(C3CC3C)n2)CC1N. The maximum Gasteiger partial charge on any atom is 0.244 e. The van der Waals surface area contributed by atoms with E-state index in [1.54, 1.807) is 0 Å². The van der Waals surface area contributed by atoms with Crippen molar-refractivity contribution in [1.29, 1.82) is 0 Å². The molecule has 5 heteroatoms. The van der Waals surface area contributed by atoms with Gasteiger partial charge in [0.2, 0.25) is 5.95 Å². The first-order valence-corrected chi connectivity index (χ1v) is 6.58. The number of anilines is 1. The van der Waals surface area contributed by atoms with Crippen LogP contribution in [0.2, 0.25) is 0 Å². The lowest BCUT2D eigenvalue weighted by Crippen LogP contribution is -2.48. The highest BCUT2D eigenvalue weighted by Gasteiger charge is 2.37. The molecule has 3 rings (SSSR count). The summed E-state index contributed by atoms with van der Waals surface area (Å²) in [4.78, 5) is 6.82. The molecular formula is C12H21N5. The van der Waals surface area contributed by atoms with Gasteiger partial charge in [-0.25, -0.2) is 0 Å². The lowest BCUT2D eigenvalue weighted by Gasteiger charge is -2.34. The summed E-state index contributed by atoms with van der Waals surface area (Å²) in [5, 5.41) is 7.41. The van der Waals surface area contributed by atoms with Gasteiger partial charge in [-0.3, -0.25) is 5.10 Å². The van der Waals surface area contributed by atoms with E-state index in [1.165, 1.54) is 6.42 Å². The van der Waals surface area contributed by atoms with Gasteiger partial charge in [0.15, 0.2) is 0 Å². The van der Waals surface area contributed by atoms with Crippen LogP contribution in [0.15, 0.2) is 0 Å². The average molecular weight is 235 g/mol.